The fraction of sp³-hybridized carbons (Fsp3) is 0.667. The number of ether oxygens (including phenoxy) is 3. The number of esters is 2. The first-order chi connectivity index (χ1) is 8.90. The summed E-state index contributed by atoms with van der Waals surface area (Å²) in [5.74, 6) is -2.20. The van der Waals surface area contributed by atoms with Gasteiger partial charge in [-0.1, -0.05) is 6.92 Å². The molecule has 112 valence electrons. The molecule has 0 aromatic heterocycles. The van der Waals surface area contributed by atoms with Gasteiger partial charge in [0.05, 0.1) is 18.9 Å². The summed E-state index contributed by atoms with van der Waals surface area (Å²) in [6.07, 6.45) is -1.52. The third-order valence-electron chi connectivity index (χ3n) is 2.61. The molecule has 1 fully saturated rings. The van der Waals surface area contributed by atoms with Gasteiger partial charge in [-0.05, 0) is 0 Å². The zero-order valence-corrected chi connectivity index (χ0v) is 15.5. The summed E-state index contributed by atoms with van der Waals surface area (Å²) in [5, 5.41) is 8.42. The van der Waals surface area contributed by atoms with E-state index >= 15 is 0 Å². The van der Waals surface area contributed by atoms with Crippen molar-refractivity contribution in [2.24, 2.45) is 5.92 Å². The molecular formula is C12H17O7U-. The smallest absolute Gasteiger partial charge is 0.306 e. The first kappa shape index (κ1) is 19.4. The summed E-state index contributed by atoms with van der Waals surface area (Å²) >= 11 is 0. The summed E-state index contributed by atoms with van der Waals surface area (Å²) < 4.78 is 15.2. The van der Waals surface area contributed by atoms with E-state index in [4.69, 9.17) is 19.3 Å². The van der Waals surface area contributed by atoms with Gasteiger partial charge in [0, 0.05) is 38.0 Å². The van der Waals surface area contributed by atoms with Crippen LogP contribution in [-0.2, 0) is 28.6 Å². The number of hydrogen-bond donors (Lipinski definition) is 1. The molecular weight excluding hydrogens is 494 g/mol. The van der Waals surface area contributed by atoms with Crippen molar-refractivity contribution in [2.75, 3.05) is 6.61 Å². The number of carboxylic acid groups (broad SMARTS) is 1. The van der Waals surface area contributed by atoms with Crippen molar-refractivity contribution < 1.29 is 64.8 Å². The average molecular weight is 511 g/mol. The molecule has 8 heteroatoms. The summed E-state index contributed by atoms with van der Waals surface area (Å²) in [5.41, 5.74) is 0. The van der Waals surface area contributed by atoms with Crippen molar-refractivity contribution in [3.8, 4) is 0 Å². The third kappa shape index (κ3) is 6.73. The fourth-order valence-electron chi connectivity index (χ4n) is 1.68. The summed E-state index contributed by atoms with van der Waals surface area (Å²) in [7, 11) is 0. The van der Waals surface area contributed by atoms with E-state index in [1.54, 1.807) is 0 Å². The van der Waals surface area contributed by atoms with E-state index < -0.39 is 30.1 Å². The Bertz CT molecular complexity index is 358. The standard InChI is InChI=1S/C12H17O7.U/c1-7-5-17-9(12(7)19-8(2)13)6-18-11(16)4-3-10(14)15;/h5,7,9,12H,3-4,6H2,1-2H3,(H,14,15);/q-1;. The van der Waals surface area contributed by atoms with Gasteiger partial charge in [-0.2, -0.15) is 0 Å². The second-order valence-electron chi connectivity index (χ2n) is 4.32. The Balaban J connectivity index is 0.00000361. The zero-order valence-electron chi connectivity index (χ0n) is 11.3. The maximum atomic E-state index is 11.3. The molecule has 0 aromatic carbocycles. The monoisotopic (exact) mass is 511 g/mol. The van der Waals surface area contributed by atoms with Crippen LogP contribution in [0.25, 0.3) is 0 Å². The minimum Gasteiger partial charge on any atom is -0.544 e. The van der Waals surface area contributed by atoms with Gasteiger partial charge in [0.25, 0.3) is 0 Å². The largest absolute Gasteiger partial charge is 0.544 e. The van der Waals surface area contributed by atoms with Crippen LogP contribution in [-0.4, -0.2) is 41.8 Å². The van der Waals surface area contributed by atoms with Gasteiger partial charge in [-0.25, -0.2) is 6.61 Å². The Kier molecular flexibility index (Phi) is 9.10. The van der Waals surface area contributed by atoms with Crippen LogP contribution < -0.4 is 0 Å². The van der Waals surface area contributed by atoms with Crippen LogP contribution in [0.3, 0.4) is 0 Å². The van der Waals surface area contributed by atoms with Crippen molar-refractivity contribution in [3.63, 3.8) is 0 Å². The van der Waals surface area contributed by atoms with E-state index in [1.165, 1.54) is 13.5 Å². The Morgan fingerprint density at radius 3 is 2.50 bits per heavy atom. The average Bonchev–Trinajstić information content (AvgIpc) is 2.65. The molecule has 3 unspecified atom stereocenters. The topological polar surface area (TPSA) is 99.1 Å². The van der Waals surface area contributed by atoms with Crippen LogP contribution in [0.15, 0.2) is 0 Å². The molecule has 1 saturated heterocycles. The predicted octanol–water partition coefficient (Wildman–Crippen LogP) is 0.523. The Labute approximate surface area is 140 Å². The molecule has 3 atom stereocenters. The van der Waals surface area contributed by atoms with E-state index in [0.29, 0.717) is 0 Å². The zero-order chi connectivity index (χ0) is 14.4. The van der Waals surface area contributed by atoms with Crippen molar-refractivity contribution in [1.82, 2.24) is 0 Å². The normalized spacial score (nSPS) is 24.6. The molecule has 0 aliphatic carbocycles. The van der Waals surface area contributed by atoms with Crippen molar-refractivity contribution >= 4 is 17.9 Å². The van der Waals surface area contributed by atoms with Crippen LogP contribution >= 0.6 is 0 Å². The summed E-state index contributed by atoms with van der Waals surface area (Å²) in [6.45, 7) is 4.57. The number of rotatable bonds is 6. The van der Waals surface area contributed by atoms with Crippen LogP contribution in [0, 0.1) is 43.6 Å². The molecule has 7 nitrogen and oxygen atoms in total. The van der Waals surface area contributed by atoms with E-state index in [1.807, 2.05) is 6.92 Å². The number of carbonyl (C=O) groups excluding carboxylic acids is 2. The van der Waals surface area contributed by atoms with Crippen LogP contribution in [0.2, 0.25) is 0 Å². The first-order valence-corrected chi connectivity index (χ1v) is 5.93. The van der Waals surface area contributed by atoms with Gasteiger partial charge in [-0.3, -0.25) is 14.4 Å². The van der Waals surface area contributed by atoms with E-state index in [2.05, 4.69) is 0 Å². The third-order valence-corrected chi connectivity index (χ3v) is 2.61. The molecule has 0 radical (unpaired) electrons. The number of carboxylic acids is 1. The van der Waals surface area contributed by atoms with Crippen LogP contribution in [0.5, 0.6) is 0 Å². The minimum absolute atomic E-state index is 0. The summed E-state index contributed by atoms with van der Waals surface area (Å²) in [6, 6.07) is 0. The molecule has 1 aliphatic heterocycles. The molecule has 20 heavy (non-hydrogen) atoms. The van der Waals surface area contributed by atoms with E-state index in [9.17, 15) is 14.4 Å². The van der Waals surface area contributed by atoms with Crippen LogP contribution in [0.1, 0.15) is 26.7 Å². The minimum atomic E-state index is -1.06. The molecule has 1 aliphatic rings. The molecule has 0 aromatic rings. The van der Waals surface area contributed by atoms with Gasteiger partial charge in [-0.15, -0.1) is 5.92 Å². The molecule has 1 rings (SSSR count). The van der Waals surface area contributed by atoms with Gasteiger partial charge < -0.3 is 19.3 Å². The van der Waals surface area contributed by atoms with Crippen LogP contribution in [0.4, 0.5) is 0 Å². The van der Waals surface area contributed by atoms with Gasteiger partial charge >= 0.3 is 17.9 Å². The Morgan fingerprint density at radius 1 is 1.30 bits per heavy atom. The molecule has 1 heterocycles. The molecule has 0 bridgehead atoms. The number of hydrogen-bond acceptors (Lipinski definition) is 6. The van der Waals surface area contributed by atoms with E-state index in [-0.39, 0.29) is 56.5 Å². The SMILES string of the molecule is CC(=O)OC1C(C)[CH-]OC1COC(=O)CCC(=O)O.[U]. The quantitative estimate of drug-likeness (QED) is 0.410. The Hall–Kier alpha value is -0.578. The van der Waals surface area contributed by atoms with Gasteiger partial charge in [0.15, 0.2) is 0 Å². The van der Waals surface area contributed by atoms with Crippen molar-refractivity contribution in [3.05, 3.63) is 6.61 Å². The first-order valence-electron chi connectivity index (χ1n) is 5.93. The van der Waals surface area contributed by atoms with Crippen molar-refractivity contribution in [1.29, 1.82) is 0 Å². The molecule has 0 spiro atoms. The maximum absolute atomic E-state index is 11.3. The second-order valence-corrected chi connectivity index (χ2v) is 4.32. The molecule has 1 N–H and O–H groups in total. The van der Waals surface area contributed by atoms with E-state index in [0.717, 1.165) is 0 Å². The number of carbonyl (C=O) groups is 3. The fourth-order valence-corrected chi connectivity index (χ4v) is 1.68. The van der Waals surface area contributed by atoms with Gasteiger partial charge in [0.2, 0.25) is 0 Å². The predicted molar refractivity (Wildman–Crippen MR) is 61.7 cm³/mol. The van der Waals surface area contributed by atoms with Gasteiger partial charge in [0.1, 0.15) is 12.7 Å². The summed E-state index contributed by atoms with van der Waals surface area (Å²) in [4.78, 5) is 32.5. The molecule has 0 saturated carbocycles. The van der Waals surface area contributed by atoms with Crippen molar-refractivity contribution in [2.45, 2.75) is 38.9 Å². The Morgan fingerprint density at radius 2 is 1.95 bits per heavy atom. The molecule has 0 amide bonds. The maximum Gasteiger partial charge on any atom is 0.306 e. The number of aliphatic carboxylic acids is 1. The second kappa shape index (κ2) is 9.37.